The second-order valence-corrected chi connectivity index (χ2v) is 4.85. The fraction of sp³-hybridized carbons (Fsp3) is 1.00. The molecule has 2 heteroatoms. The van der Waals surface area contributed by atoms with E-state index in [0.717, 1.165) is 0 Å². The van der Waals surface area contributed by atoms with Crippen LogP contribution in [0.15, 0.2) is 0 Å². The molecule has 1 aliphatic carbocycles. The molecule has 0 spiro atoms. The average Bonchev–Trinajstić information content (AvgIpc) is 2.15. The van der Waals surface area contributed by atoms with Gasteiger partial charge in [-0.25, -0.2) is 0 Å². The van der Waals surface area contributed by atoms with E-state index in [9.17, 15) is 0 Å². The summed E-state index contributed by atoms with van der Waals surface area (Å²) in [4.78, 5) is 2.60. The van der Waals surface area contributed by atoms with Crippen molar-refractivity contribution in [3.63, 3.8) is 0 Å². The summed E-state index contributed by atoms with van der Waals surface area (Å²) < 4.78 is 0. The first-order chi connectivity index (χ1) is 6.66. The molecule has 1 aliphatic rings. The highest BCUT2D eigenvalue weighted by Gasteiger charge is 2.28. The molecule has 0 aromatic carbocycles. The molecular formula is C12H26N2. The molecule has 0 aromatic heterocycles. The molecule has 2 N–H and O–H groups in total. The van der Waals surface area contributed by atoms with Crippen LogP contribution in [-0.4, -0.2) is 29.6 Å². The van der Waals surface area contributed by atoms with E-state index in [1.54, 1.807) is 0 Å². The Morgan fingerprint density at radius 3 is 2.43 bits per heavy atom. The number of rotatable bonds is 4. The summed E-state index contributed by atoms with van der Waals surface area (Å²) in [6.45, 7) is 8.04. The summed E-state index contributed by atoms with van der Waals surface area (Å²) in [6, 6.07) is 1.70. The van der Waals surface area contributed by atoms with Crippen molar-refractivity contribution in [1.82, 2.24) is 4.90 Å². The second kappa shape index (κ2) is 5.72. The van der Waals surface area contributed by atoms with Crippen LogP contribution < -0.4 is 5.73 Å². The average molecular weight is 198 g/mol. The molecule has 84 valence electrons. The third-order valence-corrected chi connectivity index (χ3v) is 3.35. The van der Waals surface area contributed by atoms with E-state index in [2.05, 4.69) is 25.7 Å². The predicted octanol–water partition coefficient (Wildman–Crippen LogP) is 2.38. The van der Waals surface area contributed by atoms with Crippen LogP contribution in [0.3, 0.4) is 0 Å². The van der Waals surface area contributed by atoms with E-state index in [1.807, 2.05) is 0 Å². The largest absolute Gasteiger partial charge is 0.326 e. The number of nitrogens with two attached hydrogens (primary N) is 1. The Labute approximate surface area is 88.8 Å². The zero-order chi connectivity index (χ0) is 10.6. The van der Waals surface area contributed by atoms with Gasteiger partial charge in [-0.15, -0.1) is 0 Å². The lowest BCUT2D eigenvalue weighted by Crippen LogP contribution is -2.52. The minimum Gasteiger partial charge on any atom is -0.326 e. The zero-order valence-corrected chi connectivity index (χ0v) is 10.00. The molecule has 2 atom stereocenters. The maximum Gasteiger partial charge on any atom is 0.0249 e. The van der Waals surface area contributed by atoms with E-state index in [1.165, 1.54) is 38.6 Å². The molecule has 0 radical (unpaired) electrons. The van der Waals surface area contributed by atoms with Crippen LogP contribution in [0.4, 0.5) is 0 Å². The van der Waals surface area contributed by atoms with Crippen LogP contribution in [0.25, 0.3) is 0 Å². The SMILES string of the molecule is CCCN(C(C)C)C1CCCCC1N. The van der Waals surface area contributed by atoms with E-state index in [-0.39, 0.29) is 0 Å². The summed E-state index contributed by atoms with van der Waals surface area (Å²) in [5, 5.41) is 0. The first-order valence-corrected chi connectivity index (χ1v) is 6.18. The second-order valence-electron chi connectivity index (χ2n) is 4.85. The van der Waals surface area contributed by atoms with E-state index in [4.69, 9.17) is 5.73 Å². The zero-order valence-electron chi connectivity index (χ0n) is 10.00. The van der Waals surface area contributed by atoms with Gasteiger partial charge in [0, 0.05) is 18.1 Å². The molecule has 0 amide bonds. The molecule has 1 rings (SSSR count). The van der Waals surface area contributed by atoms with Crippen LogP contribution in [0.5, 0.6) is 0 Å². The van der Waals surface area contributed by atoms with E-state index >= 15 is 0 Å². The molecular weight excluding hydrogens is 172 g/mol. The Balaban J connectivity index is 2.55. The van der Waals surface area contributed by atoms with Crippen molar-refractivity contribution in [2.75, 3.05) is 6.54 Å². The lowest BCUT2D eigenvalue weighted by Gasteiger charge is -2.40. The van der Waals surface area contributed by atoms with E-state index < -0.39 is 0 Å². The Hall–Kier alpha value is -0.0800. The van der Waals surface area contributed by atoms with Gasteiger partial charge in [0.05, 0.1) is 0 Å². The molecule has 14 heavy (non-hydrogen) atoms. The summed E-state index contributed by atoms with van der Waals surface area (Å²) >= 11 is 0. The highest BCUT2D eigenvalue weighted by atomic mass is 15.2. The summed E-state index contributed by atoms with van der Waals surface area (Å²) in [6.07, 6.45) is 6.46. The molecule has 0 aromatic rings. The summed E-state index contributed by atoms with van der Waals surface area (Å²) in [5.41, 5.74) is 6.21. The monoisotopic (exact) mass is 198 g/mol. The van der Waals surface area contributed by atoms with Crippen LogP contribution in [0.2, 0.25) is 0 Å². The molecule has 2 unspecified atom stereocenters. The maximum absolute atomic E-state index is 6.21. The third kappa shape index (κ3) is 2.96. The van der Waals surface area contributed by atoms with Crippen molar-refractivity contribution < 1.29 is 0 Å². The van der Waals surface area contributed by atoms with Crippen LogP contribution >= 0.6 is 0 Å². The standard InChI is InChI=1S/C12H26N2/c1-4-9-14(10(2)3)12-8-6-5-7-11(12)13/h10-12H,4-9,13H2,1-3H3. The van der Waals surface area contributed by atoms with Crippen molar-refractivity contribution in [3.05, 3.63) is 0 Å². The predicted molar refractivity (Wildman–Crippen MR) is 62.4 cm³/mol. The first-order valence-electron chi connectivity index (χ1n) is 6.18. The summed E-state index contributed by atoms with van der Waals surface area (Å²) in [5.74, 6) is 0. The molecule has 1 fully saturated rings. The van der Waals surface area contributed by atoms with Crippen molar-refractivity contribution >= 4 is 0 Å². The Kier molecular flexibility index (Phi) is 4.90. The lowest BCUT2D eigenvalue weighted by molar-refractivity contribution is 0.105. The van der Waals surface area contributed by atoms with Gasteiger partial charge in [0.25, 0.3) is 0 Å². The summed E-state index contributed by atoms with van der Waals surface area (Å²) in [7, 11) is 0. The number of nitrogens with zero attached hydrogens (tertiary/aromatic N) is 1. The van der Waals surface area contributed by atoms with Gasteiger partial charge in [-0.2, -0.15) is 0 Å². The molecule has 0 saturated heterocycles. The Bertz CT molecular complexity index is 154. The fourth-order valence-corrected chi connectivity index (χ4v) is 2.62. The Morgan fingerprint density at radius 2 is 1.93 bits per heavy atom. The van der Waals surface area contributed by atoms with Crippen molar-refractivity contribution in [1.29, 1.82) is 0 Å². The highest BCUT2D eigenvalue weighted by Crippen LogP contribution is 2.23. The molecule has 2 nitrogen and oxygen atoms in total. The van der Waals surface area contributed by atoms with Gasteiger partial charge in [-0.3, -0.25) is 4.90 Å². The van der Waals surface area contributed by atoms with Crippen LogP contribution in [-0.2, 0) is 0 Å². The van der Waals surface area contributed by atoms with Gasteiger partial charge in [-0.1, -0.05) is 19.8 Å². The first kappa shape index (κ1) is 12.0. The minimum absolute atomic E-state index is 0.415. The van der Waals surface area contributed by atoms with Crippen molar-refractivity contribution in [2.24, 2.45) is 5.73 Å². The number of hydrogen-bond acceptors (Lipinski definition) is 2. The van der Waals surface area contributed by atoms with Gasteiger partial charge in [0.2, 0.25) is 0 Å². The van der Waals surface area contributed by atoms with Crippen LogP contribution in [0.1, 0.15) is 52.9 Å². The highest BCUT2D eigenvalue weighted by molar-refractivity contribution is 4.87. The van der Waals surface area contributed by atoms with Gasteiger partial charge in [0.1, 0.15) is 0 Å². The van der Waals surface area contributed by atoms with Crippen molar-refractivity contribution in [2.45, 2.75) is 71.0 Å². The van der Waals surface area contributed by atoms with Crippen molar-refractivity contribution in [3.8, 4) is 0 Å². The Morgan fingerprint density at radius 1 is 1.29 bits per heavy atom. The molecule has 0 bridgehead atoms. The number of hydrogen-bond donors (Lipinski definition) is 1. The van der Waals surface area contributed by atoms with E-state index in [0.29, 0.717) is 18.1 Å². The van der Waals surface area contributed by atoms with Gasteiger partial charge < -0.3 is 5.73 Å². The van der Waals surface area contributed by atoms with Crippen LogP contribution in [0, 0.1) is 0 Å². The quantitative estimate of drug-likeness (QED) is 0.751. The van der Waals surface area contributed by atoms with Gasteiger partial charge in [-0.05, 0) is 39.7 Å². The third-order valence-electron chi connectivity index (χ3n) is 3.35. The smallest absolute Gasteiger partial charge is 0.0249 e. The fourth-order valence-electron chi connectivity index (χ4n) is 2.62. The minimum atomic E-state index is 0.415. The molecule has 0 heterocycles. The molecule has 1 saturated carbocycles. The maximum atomic E-state index is 6.21. The van der Waals surface area contributed by atoms with Gasteiger partial charge in [0.15, 0.2) is 0 Å². The lowest BCUT2D eigenvalue weighted by atomic mass is 9.89. The van der Waals surface area contributed by atoms with Gasteiger partial charge >= 0.3 is 0 Å². The normalized spacial score (nSPS) is 28.7. The topological polar surface area (TPSA) is 29.3 Å². The molecule has 0 aliphatic heterocycles.